The fourth-order valence-corrected chi connectivity index (χ4v) is 3.50. The Labute approximate surface area is 105 Å². The van der Waals surface area contributed by atoms with Crippen LogP contribution in [0.1, 0.15) is 57.8 Å². The summed E-state index contributed by atoms with van der Waals surface area (Å²) in [5, 5.41) is 13.5. The highest BCUT2D eigenvalue weighted by molar-refractivity contribution is 4.94. The van der Waals surface area contributed by atoms with Crippen molar-refractivity contribution in [3.8, 4) is 0 Å². The molecule has 0 aliphatic heterocycles. The van der Waals surface area contributed by atoms with Crippen LogP contribution >= 0.6 is 0 Å². The smallest absolute Gasteiger partial charge is 0.0613 e. The van der Waals surface area contributed by atoms with E-state index < -0.39 is 0 Å². The number of rotatable bonds is 4. The van der Waals surface area contributed by atoms with E-state index in [0.29, 0.717) is 18.8 Å². The fourth-order valence-electron chi connectivity index (χ4n) is 3.50. The largest absolute Gasteiger partial charge is 0.394 e. The van der Waals surface area contributed by atoms with Crippen LogP contribution in [0.3, 0.4) is 0 Å². The number of nitrogens with one attached hydrogen (secondary N) is 1. The summed E-state index contributed by atoms with van der Waals surface area (Å²) in [6.07, 6.45) is 11.3. The van der Waals surface area contributed by atoms with Crippen molar-refractivity contribution >= 4 is 0 Å². The van der Waals surface area contributed by atoms with E-state index in [1.165, 1.54) is 38.5 Å². The molecule has 100 valence electrons. The highest BCUT2D eigenvalue weighted by Crippen LogP contribution is 2.30. The Morgan fingerprint density at radius 2 is 1.94 bits per heavy atom. The van der Waals surface area contributed by atoms with Gasteiger partial charge in [-0.1, -0.05) is 19.3 Å². The normalized spacial score (nSPS) is 33.5. The molecule has 0 radical (unpaired) electrons. The van der Waals surface area contributed by atoms with E-state index in [1.807, 2.05) is 7.11 Å². The molecular weight excluding hydrogens is 214 g/mol. The lowest BCUT2D eigenvalue weighted by atomic mass is 9.80. The van der Waals surface area contributed by atoms with Crippen molar-refractivity contribution in [2.75, 3.05) is 13.7 Å². The van der Waals surface area contributed by atoms with E-state index in [-0.39, 0.29) is 5.54 Å². The van der Waals surface area contributed by atoms with Crippen LogP contribution in [-0.2, 0) is 4.74 Å². The van der Waals surface area contributed by atoms with E-state index in [1.54, 1.807) is 0 Å². The van der Waals surface area contributed by atoms with E-state index in [0.717, 1.165) is 19.3 Å². The maximum atomic E-state index is 9.70. The molecule has 2 unspecified atom stereocenters. The summed E-state index contributed by atoms with van der Waals surface area (Å²) in [4.78, 5) is 0. The van der Waals surface area contributed by atoms with Crippen LogP contribution in [0, 0.1) is 0 Å². The van der Waals surface area contributed by atoms with Crippen LogP contribution in [0.25, 0.3) is 0 Å². The van der Waals surface area contributed by atoms with Crippen LogP contribution in [0.2, 0.25) is 0 Å². The molecule has 2 aliphatic carbocycles. The highest BCUT2D eigenvalue weighted by atomic mass is 16.5. The van der Waals surface area contributed by atoms with Gasteiger partial charge in [-0.25, -0.2) is 0 Å². The predicted molar refractivity (Wildman–Crippen MR) is 69.1 cm³/mol. The zero-order valence-corrected chi connectivity index (χ0v) is 11.1. The second-order valence-electron chi connectivity index (χ2n) is 5.86. The molecule has 2 N–H and O–H groups in total. The zero-order valence-electron chi connectivity index (χ0n) is 11.1. The molecule has 17 heavy (non-hydrogen) atoms. The molecule has 2 aliphatic rings. The van der Waals surface area contributed by atoms with Crippen LogP contribution < -0.4 is 5.32 Å². The van der Waals surface area contributed by atoms with Gasteiger partial charge in [0.05, 0.1) is 12.7 Å². The second kappa shape index (κ2) is 6.17. The summed E-state index contributed by atoms with van der Waals surface area (Å²) in [7, 11) is 1.81. The summed E-state index contributed by atoms with van der Waals surface area (Å²) in [6, 6.07) is 0.541. The summed E-state index contributed by atoms with van der Waals surface area (Å²) >= 11 is 0. The van der Waals surface area contributed by atoms with Gasteiger partial charge in [-0.3, -0.25) is 0 Å². The molecule has 3 heteroatoms. The van der Waals surface area contributed by atoms with Gasteiger partial charge >= 0.3 is 0 Å². The topological polar surface area (TPSA) is 41.5 Å². The first-order valence-corrected chi connectivity index (χ1v) is 7.19. The molecule has 0 heterocycles. The summed E-state index contributed by atoms with van der Waals surface area (Å²) in [6.45, 7) is 0.293. The van der Waals surface area contributed by atoms with Gasteiger partial charge in [0.15, 0.2) is 0 Å². The number of methoxy groups -OCH3 is 1. The van der Waals surface area contributed by atoms with E-state index >= 15 is 0 Å². The Morgan fingerprint density at radius 3 is 2.59 bits per heavy atom. The lowest BCUT2D eigenvalue weighted by molar-refractivity contribution is 0.0394. The van der Waals surface area contributed by atoms with Crippen LogP contribution in [0.15, 0.2) is 0 Å². The molecule has 0 saturated heterocycles. The lowest BCUT2D eigenvalue weighted by Crippen LogP contribution is -2.55. The van der Waals surface area contributed by atoms with Gasteiger partial charge in [0.25, 0.3) is 0 Å². The Balaban J connectivity index is 1.88. The summed E-state index contributed by atoms with van der Waals surface area (Å²) < 4.78 is 5.47. The maximum Gasteiger partial charge on any atom is 0.0613 e. The molecule has 0 spiro atoms. The fraction of sp³-hybridized carbons (Fsp3) is 1.00. The van der Waals surface area contributed by atoms with Gasteiger partial charge in [0, 0.05) is 18.7 Å². The average molecular weight is 241 g/mol. The van der Waals surface area contributed by atoms with Gasteiger partial charge in [-0.15, -0.1) is 0 Å². The Bertz CT molecular complexity index is 226. The maximum absolute atomic E-state index is 9.70. The minimum absolute atomic E-state index is 0.0124. The molecular formula is C14H27NO2. The van der Waals surface area contributed by atoms with Crippen molar-refractivity contribution < 1.29 is 9.84 Å². The molecule has 0 bridgehead atoms. The first kappa shape index (κ1) is 13.3. The van der Waals surface area contributed by atoms with Crippen molar-refractivity contribution in [2.24, 2.45) is 0 Å². The zero-order chi connectivity index (χ0) is 12.1. The average Bonchev–Trinajstić information content (AvgIpc) is 2.40. The van der Waals surface area contributed by atoms with E-state index in [2.05, 4.69) is 5.32 Å². The standard InChI is InChI=1S/C14H27NO2/c1-17-13-7-5-6-12(10-13)15-14(11-16)8-3-2-4-9-14/h12-13,15-16H,2-11H2,1H3. The molecule has 2 saturated carbocycles. The monoisotopic (exact) mass is 241 g/mol. The first-order valence-electron chi connectivity index (χ1n) is 7.19. The number of ether oxygens (including phenoxy) is 1. The molecule has 2 atom stereocenters. The minimum atomic E-state index is 0.0124. The van der Waals surface area contributed by atoms with Crippen molar-refractivity contribution in [1.82, 2.24) is 5.32 Å². The second-order valence-corrected chi connectivity index (χ2v) is 5.86. The molecule has 2 rings (SSSR count). The van der Waals surface area contributed by atoms with Gasteiger partial charge in [0.1, 0.15) is 0 Å². The van der Waals surface area contributed by atoms with Crippen molar-refractivity contribution in [3.63, 3.8) is 0 Å². The molecule has 3 nitrogen and oxygen atoms in total. The van der Waals surface area contributed by atoms with E-state index in [9.17, 15) is 5.11 Å². The summed E-state index contributed by atoms with van der Waals surface area (Å²) in [5.41, 5.74) is 0.0124. The number of hydrogen-bond donors (Lipinski definition) is 2. The number of aliphatic hydroxyl groups is 1. The van der Waals surface area contributed by atoms with Crippen molar-refractivity contribution in [2.45, 2.75) is 75.5 Å². The first-order chi connectivity index (χ1) is 8.28. The van der Waals surface area contributed by atoms with Crippen LogP contribution in [0.5, 0.6) is 0 Å². The highest BCUT2D eigenvalue weighted by Gasteiger charge is 2.34. The number of hydrogen-bond acceptors (Lipinski definition) is 3. The van der Waals surface area contributed by atoms with Gasteiger partial charge < -0.3 is 15.2 Å². The molecule has 0 amide bonds. The van der Waals surface area contributed by atoms with Gasteiger partial charge in [-0.05, 0) is 38.5 Å². The summed E-state index contributed by atoms with van der Waals surface area (Å²) in [5.74, 6) is 0. The van der Waals surface area contributed by atoms with Gasteiger partial charge in [0.2, 0.25) is 0 Å². The third kappa shape index (κ3) is 3.43. The molecule has 0 aromatic heterocycles. The Kier molecular flexibility index (Phi) is 4.83. The third-order valence-corrected chi connectivity index (χ3v) is 4.58. The minimum Gasteiger partial charge on any atom is -0.394 e. The molecule has 0 aromatic carbocycles. The number of aliphatic hydroxyl groups excluding tert-OH is 1. The van der Waals surface area contributed by atoms with Crippen LogP contribution in [-0.4, -0.2) is 36.5 Å². The van der Waals surface area contributed by atoms with Crippen LogP contribution in [0.4, 0.5) is 0 Å². The predicted octanol–water partition coefficient (Wildman–Crippen LogP) is 2.23. The van der Waals surface area contributed by atoms with Crippen molar-refractivity contribution in [1.29, 1.82) is 0 Å². The lowest BCUT2D eigenvalue weighted by Gasteiger charge is -2.42. The van der Waals surface area contributed by atoms with Crippen molar-refractivity contribution in [3.05, 3.63) is 0 Å². The molecule has 0 aromatic rings. The Hall–Kier alpha value is -0.120. The van der Waals surface area contributed by atoms with Gasteiger partial charge in [-0.2, -0.15) is 0 Å². The Morgan fingerprint density at radius 1 is 1.18 bits per heavy atom. The SMILES string of the molecule is COC1CCCC(NC2(CO)CCCCC2)C1. The quantitative estimate of drug-likeness (QED) is 0.793. The molecule has 2 fully saturated rings. The van der Waals surface area contributed by atoms with E-state index in [4.69, 9.17) is 4.74 Å². The third-order valence-electron chi connectivity index (χ3n) is 4.58.